The predicted octanol–water partition coefficient (Wildman–Crippen LogP) is 1.49. The van der Waals surface area contributed by atoms with Crippen molar-refractivity contribution < 1.29 is 9.53 Å². The predicted molar refractivity (Wildman–Crippen MR) is 65.0 cm³/mol. The number of carbonyl (C=O) groups excluding carboxylic acids is 1. The molecule has 1 aromatic heterocycles. The van der Waals surface area contributed by atoms with Gasteiger partial charge < -0.3 is 10.5 Å². The number of ether oxygens (including phenoxy) is 1. The van der Waals surface area contributed by atoms with Crippen LogP contribution in [-0.4, -0.2) is 23.2 Å². The maximum atomic E-state index is 11.0. The smallest absolute Gasteiger partial charge is 0.150 e. The second-order valence-electron chi connectivity index (χ2n) is 3.65. The van der Waals surface area contributed by atoms with Gasteiger partial charge in [-0.1, -0.05) is 0 Å². The molecule has 5 heteroatoms. The molecule has 0 atom stereocenters. The molecule has 1 aromatic carbocycles. The number of nitrogens with two attached hydrogens (primary N) is 1. The standard InChI is InChI=1S/C12H13N3O2/c1-15-12(13)6-11(14-15)10-5-9(17-2)4-3-8(10)7-16/h3-7H,13H2,1-2H3. The van der Waals surface area contributed by atoms with Gasteiger partial charge in [0.25, 0.3) is 0 Å². The number of nitrogen functional groups attached to an aromatic ring is 1. The van der Waals surface area contributed by atoms with Gasteiger partial charge in [0.15, 0.2) is 6.29 Å². The van der Waals surface area contributed by atoms with E-state index in [1.165, 1.54) is 0 Å². The molecule has 0 aliphatic heterocycles. The van der Waals surface area contributed by atoms with Crippen LogP contribution in [0.4, 0.5) is 5.82 Å². The van der Waals surface area contributed by atoms with Gasteiger partial charge in [-0.2, -0.15) is 5.10 Å². The zero-order valence-corrected chi connectivity index (χ0v) is 9.68. The highest BCUT2D eigenvalue weighted by molar-refractivity contribution is 5.87. The van der Waals surface area contributed by atoms with Gasteiger partial charge in [-0.25, -0.2) is 0 Å². The van der Waals surface area contributed by atoms with Crippen LogP contribution < -0.4 is 10.5 Å². The lowest BCUT2D eigenvalue weighted by molar-refractivity contribution is 0.112. The van der Waals surface area contributed by atoms with E-state index in [0.717, 1.165) is 6.29 Å². The van der Waals surface area contributed by atoms with Crippen molar-refractivity contribution in [3.05, 3.63) is 29.8 Å². The summed E-state index contributed by atoms with van der Waals surface area (Å²) in [5, 5.41) is 4.24. The average Bonchev–Trinajstić information content (AvgIpc) is 2.68. The third-order valence-corrected chi connectivity index (χ3v) is 2.58. The first kappa shape index (κ1) is 11.2. The summed E-state index contributed by atoms with van der Waals surface area (Å²) in [7, 11) is 3.33. The highest BCUT2D eigenvalue weighted by Gasteiger charge is 2.10. The lowest BCUT2D eigenvalue weighted by atomic mass is 10.1. The van der Waals surface area contributed by atoms with Crippen molar-refractivity contribution in [1.29, 1.82) is 0 Å². The van der Waals surface area contributed by atoms with E-state index in [4.69, 9.17) is 10.5 Å². The molecule has 0 spiro atoms. The number of aryl methyl sites for hydroxylation is 1. The molecule has 5 nitrogen and oxygen atoms in total. The molecular weight excluding hydrogens is 218 g/mol. The maximum absolute atomic E-state index is 11.0. The SMILES string of the molecule is COc1ccc(C=O)c(-c2cc(N)n(C)n2)c1. The summed E-state index contributed by atoms with van der Waals surface area (Å²) in [5.41, 5.74) is 7.65. The van der Waals surface area contributed by atoms with Crippen molar-refractivity contribution >= 4 is 12.1 Å². The maximum Gasteiger partial charge on any atom is 0.150 e. The first-order chi connectivity index (χ1) is 8.15. The van der Waals surface area contributed by atoms with Gasteiger partial charge in [0, 0.05) is 24.2 Å². The molecule has 2 rings (SSSR count). The number of hydrogen-bond acceptors (Lipinski definition) is 4. The molecule has 0 bridgehead atoms. The average molecular weight is 231 g/mol. The van der Waals surface area contributed by atoms with E-state index in [0.29, 0.717) is 28.4 Å². The number of benzene rings is 1. The minimum atomic E-state index is 0.541. The zero-order chi connectivity index (χ0) is 12.4. The molecule has 0 radical (unpaired) electrons. The van der Waals surface area contributed by atoms with Crippen LogP contribution in [0.1, 0.15) is 10.4 Å². The van der Waals surface area contributed by atoms with Crippen molar-refractivity contribution in [2.45, 2.75) is 0 Å². The van der Waals surface area contributed by atoms with E-state index in [2.05, 4.69) is 5.10 Å². The van der Waals surface area contributed by atoms with Gasteiger partial charge in [-0.3, -0.25) is 9.48 Å². The molecule has 0 amide bonds. The zero-order valence-electron chi connectivity index (χ0n) is 9.68. The highest BCUT2D eigenvalue weighted by Crippen LogP contribution is 2.27. The van der Waals surface area contributed by atoms with Gasteiger partial charge in [-0.15, -0.1) is 0 Å². The summed E-state index contributed by atoms with van der Waals surface area (Å²) in [6, 6.07) is 6.93. The second-order valence-corrected chi connectivity index (χ2v) is 3.65. The van der Waals surface area contributed by atoms with Gasteiger partial charge in [0.1, 0.15) is 11.6 Å². The lowest BCUT2D eigenvalue weighted by Crippen LogP contribution is -1.97. The Hall–Kier alpha value is -2.30. The largest absolute Gasteiger partial charge is 0.497 e. The summed E-state index contributed by atoms with van der Waals surface area (Å²) in [6.45, 7) is 0. The van der Waals surface area contributed by atoms with Crippen molar-refractivity contribution in [3.63, 3.8) is 0 Å². The lowest BCUT2D eigenvalue weighted by Gasteiger charge is -2.04. The molecule has 0 unspecified atom stereocenters. The van der Waals surface area contributed by atoms with Crippen LogP contribution in [0.15, 0.2) is 24.3 Å². The summed E-state index contributed by atoms with van der Waals surface area (Å²) >= 11 is 0. The van der Waals surface area contributed by atoms with Gasteiger partial charge in [-0.05, 0) is 18.2 Å². The first-order valence-electron chi connectivity index (χ1n) is 5.09. The highest BCUT2D eigenvalue weighted by atomic mass is 16.5. The summed E-state index contributed by atoms with van der Waals surface area (Å²) in [6.07, 6.45) is 0.791. The van der Waals surface area contributed by atoms with Crippen LogP contribution in [0.2, 0.25) is 0 Å². The Morgan fingerprint density at radius 3 is 2.71 bits per heavy atom. The fourth-order valence-corrected chi connectivity index (χ4v) is 1.60. The van der Waals surface area contributed by atoms with E-state index in [9.17, 15) is 4.79 Å². The number of aldehydes is 1. The number of aromatic nitrogens is 2. The molecule has 88 valence electrons. The fraction of sp³-hybridized carbons (Fsp3) is 0.167. The molecule has 2 aromatic rings. The Balaban J connectivity index is 2.59. The number of hydrogen-bond donors (Lipinski definition) is 1. The minimum absolute atomic E-state index is 0.541. The Morgan fingerprint density at radius 1 is 1.41 bits per heavy atom. The molecule has 2 N–H and O–H groups in total. The van der Waals surface area contributed by atoms with Crippen LogP contribution >= 0.6 is 0 Å². The number of rotatable bonds is 3. The van der Waals surface area contributed by atoms with Crippen LogP contribution in [0, 0.1) is 0 Å². The van der Waals surface area contributed by atoms with Gasteiger partial charge >= 0.3 is 0 Å². The molecule has 0 fully saturated rings. The van der Waals surface area contributed by atoms with E-state index < -0.39 is 0 Å². The van der Waals surface area contributed by atoms with Gasteiger partial charge in [0.05, 0.1) is 12.8 Å². The third kappa shape index (κ3) is 1.99. The molecule has 0 aliphatic rings. The topological polar surface area (TPSA) is 70.1 Å². The monoisotopic (exact) mass is 231 g/mol. The third-order valence-electron chi connectivity index (χ3n) is 2.58. The normalized spacial score (nSPS) is 10.2. The molecule has 0 saturated carbocycles. The van der Waals surface area contributed by atoms with E-state index >= 15 is 0 Å². The van der Waals surface area contributed by atoms with E-state index in [1.807, 2.05) is 0 Å². The summed E-state index contributed by atoms with van der Waals surface area (Å²) < 4.78 is 6.69. The Kier molecular flexibility index (Phi) is 2.82. The van der Waals surface area contributed by atoms with Crippen LogP contribution in [-0.2, 0) is 7.05 Å². The summed E-state index contributed by atoms with van der Waals surface area (Å²) in [5.74, 6) is 1.22. The Morgan fingerprint density at radius 2 is 2.18 bits per heavy atom. The second kappa shape index (κ2) is 4.29. The van der Waals surface area contributed by atoms with Crippen molar-refractivity contribution in [1.82, 2.24) is 9.78 Å². The fourth-order valence-electron chi connectivity index (χ4n) is 1.60. The molecule has 17 heavy (non-hydrogen) atoms. The quantitative estimate of drug-likeness (QED) is 0.812. The van der Waals surface area contributed by atoms with E-state index in [1.54, 1.807) is 43.1 Å². The number of anilines is 1. The van der Waals surface area contributed by atoms with Crippen molar-refractivity contribution in [3.8, 4) is 17.0 Å². The number of methoxy groups -OCH3 is 1. The minimum Gasteiger partial charge on any atom is -0.497 e. The summed E-state index contributed by atoms with van der Waals surface area (Å²) in [4.78, 5) is 11.0. The Labute approximate surface area is 98.8 Å². The van der Waals surface area contributed by atoms with Crippen LogP contribution in [0.25, 0.3) is 11.3 Å². The van der Waals surface area contributed by atoms with Gasteiger partial charge in [0.2, 0.25) is 0 Å². The van der Waals surface area contributed by atoms with Crippen LogP contribution in [0.5, 0.6) is 5.75 Å². The van der Waals surface area contributed by atoms with Crippen LogP contribution in [0.3, 0.4) is 0 Å². The Bertz CT molecular complexity index is 541. The number of carbonyl (C=O) groups is 1. The van der Waals surface area contributed by atoms with Crippen molar-refractivity contribution in [2.24, 2.45) is 7.05 Å². The number of nitrogens with zero attached hydrogens (tertiary/aromatic N) is 2. The molecule has 1 heterocycles. The molecule has 0 saturated heterocycles. The van der Waals surface area contributed by atoms with Crippen molar-refractivity contribution in [2.75, 3.05) is 12.8 Å². The molecular formula is C12H13N3O2. The van der Waals surface area contributed by atoms with E-state index in [-0.39, 0.29) is 0 Å². The molecule has 0 aliphatic carbocycles. The first-order valence-corrected chi connectivity index (χ1v) is 5.09.